The Labute approximate surface area is 164 Å². The number of hydrogen-bond donors (Lipinski definition) is 0. The molecule has 4 nitrogen and oxygen atoms in total. The standard InChI is InChI=1S/C22H24N2O2S/c1-16(2)24(14-17-7-5-4-6-8-17)21(25)13-19-15-27-22(23-19)18-9-11-20(26-3)12-10-18/h4-12,15-16H,13-14H2,1-3H3. The molecule has 5 heteroatoms. The Hall–Kier alpha value is -2.66. The van der Waals surface area contributed by atoms with Gasteiger partial charge in [-0.3, -0.25) is 4.79 Å². The largest absolute Gasteiger partial charge is 0.497 e. The van der Waals surface area contributed by atoms with Crippen LogP contribution in [0.4, 0.5) is 0 Å². The summed E-state index contributed by atoms with van der Waals surface area (Å²) in [5.41, 5.74) is 2.98. The number of methoxy groups -OCH3 is 1. The second kappa shape index (κ2) is 8.82. The van der Waals surface area contributed by atoms with Crippen LogP contribution in [-0.4, -0.2) is 28.9 Å². The van der Waals surface area contributed by atoms with Gasteiger partial charge in [-0.05, 0) is 43.7 Å². The van der Waals surface area contributed by atoms with Crippen LogP contribution in [0.5, 0.6) is 5.75 Å². The summed E-state index contributed by atoms with van der Waals surface area (Å²) in [6.07, 6.45) is 0.317. The van der Waals surface area contributed by atoms with Crippen molar-refractivity contribution in [2.75, 3.05) is 7.11 Å². The number of benzene rings is 2. The molecule has 0 saturated heterocycles. The molecule has 0 aliphatic carbocycles. The quantitative estimate of drug-likeness (QED) is 0.591. The fourth-order valence-corrected chi connectivity index (χ4v) is 3.68. The molecule has 0 N–H and O–H groups in total. The Kier molecular flexibility index (Phi) is 6.24. The number of hydrogen-bond acceptors (Lipinski definition) is 4. The number of nitrogens with zero attached hydrogens (tertiary/aromatic N) is 2. The second-order valence-corrected chi connectivity index (χ2v) is 7.51. The van der Waals surface area contributed by atoms with Gasteiger partial charge < -0.3 is 9.64 Å². The Morgan fingerprint density at radius 1 is 1.11 bits per heavy atom. The Bertz CT molecular complexity index is 873. The third-order valence-electron chi connectivity index (χ3n) is 4.36. The Morgan fingerprint density at radius 3 is 2.44 bits per heavy atom. The highest BCUT2D eigenvalue weighted by Crippen LogP contribution is 2.26. The van der Waals surface area contributed by atoms with Crippen molar-refractivity contribution >= 4 is 17.2 Å². The molecule has 1 amide bonds. The zero-order chi connectivity index (χ0) is 19.2. The van der Waals surface area contributed by atoms with E-state index in [9.17, 15) is 4.79 Å². The maximum absolute atomic E-state index is 12.9. The van der Waals surface area contributed by atoms with Crippen molar-refractivity contribution in [2.24, 2.45) is 0 Å². The normalized spacial score (nSPS) is 10.8. The van der Waals surface area contributed by atoms with E-state index in [2.05, 4.69) is 4.98 Å². The van der Waals surface area contributed by atoms with E-state index in [0.717, 1.165) is 27.6 Å². The van der Waals surface area contributed by atoms with Crippen LogP contribution in [0.2, 0.25) is 0 Å². The highest BCUT2D eigenvalue weighted by Gasteiger charge is 2.19. The fourth-order valence-electron chi connectivity index (χ4n) is 2.85. The van der Waals surface area contributed by atoms with Crippen LogP contribution in [0.3, 0.4) is 0 Å². The van der Waals surface area contributed by atoms with Crippen molar-refractivity contribution < 1.29 is 9.53 Å². The van der Waals surface area contributed by atoms with Gasteiger partial charge in [0, 0.05) is 23.5 Å². The average Bonchev–Trinajstić information content (AvgIpc) is 3.15. The second-order valence-electron chi connectivity index (χ2n) is 6.65. The van der Waals surface area contributed by atoms with Crippen molar-refractivity contribution in [2.45, 2.75) is 32.9 Å². The molecular formula is C22H24N2O2S. The molecule has 0 atom stereocenters. The molecule has 0 saturated carbocycles. The monoisotopic (exact) mass is 380 g/mol. The number of ether oxygens (including phenoxy) is 1. The number of aromatic nitrogens is 1. The number of thiazole rings is 1. The molecule has 0 spiro atoms. The van der Waals surface area contributed by atoms with Crippen molar-refractivity contribution in [1.29, 1.82) is 0 Å². The van der Waals surface area contributed by atoms with Gasteiger partial charge in [-0.25, -0.2) is 4.98 Å². The topological polar surface area (TPSA) is 42.4 Å². The number of carbonyl (C=O) groups is 1. The lowest BCUT2D eigenvalue weighted by molar-refractivity contribution is -0.132. The predicted molar refractivity (Wildman–Crippen MR) is 110 cm³/mol. The molecule has 1 aromatic heterocycles. The lowest BCUT2D eigenvalue weighted by Crippen LogP contribution is -2.37. The van der Waals surface area contributed by atoms with Gasteiger partial charge in [0.2, 0.25) is 5.91 Å². The predicted octanol–water partition coefficient (Wildman–Crippen LogP) is 4.80. The molecule has 0 fully saturated rings. The summed E-state index contributed by atoms with van der Waals surface area (Å²) < 4.78 is 5.19. The van der Waals surface area contributed by atoms with E-state index >= 15 is 0 Å². The van der Waals surface area contributed by atoms with E-state index in [1.54, 1.807) is 18.4 Å². The minimum Gasteiger partial charge on any atom is -0.497 e. The van der Waals surface area contributed by atoms with Crippen LogP contribution in [0, 0.1) is 0 Å². The smallest absolute Gasteiger partial charge is 0.229 e. The Balaban J connectivity index is 1.69. The van der Waals surface area contributed by atoms with E-state index in [0.29, 0.717) is 13.0 Å². The first kappa shape index (κ1) is 19.1. The average molecular weight is 381 g/mol. The first-order valence-electron chi connectivity index (χ1n) is 8.99. The summed E-state index contributed by atoms with van der Waals surface area (Å²) >= 11 is 1.56. The van der Waals surface area contributed by atoms with Crippen LogP contribution in [0.25, 0.3) is 10.6 Å². The van der Waals surface area contributed by atoms with Gasteiger partial charge in [-0.1, -0.05) is 30.3 Å². The van der Waals surface area contributed by atoms with Gasteiger partial charge in [0.05, 0.1) is 19.2 Å². The van der Waals surface area contributed by atoms with E-state index in [1.807, 2.05) is 78.7 Å². The fraction of sp³-hybridized carbons (Fsp3) is 0.273. The molecule has 27 heavy (non-hydrogen) atoms. The summed E-state index contributed by atoms with van der Waals surface area (Å²) in [6.45, 7) is 4.71. The maximum Gasteiger partial charge on any atom is 0.229 e. The minimum absolute atomic E-state index is 0.0976. The van der Waals surface area contributed by atoms with Crippen molar-refractivity contribution in [3.63, 3.8) is 0 Å². The van der Waals surface area contributed by atoms with E-state index in [1.165, 1.54) is 0 Å². The van der Waals surface area contributed by atoms with Crippen molar-refractivity contribution in [3.8, 4) is 16.3 Å². The zero-order valence-electron chi connectivity index (χ0n) is 15.9. The van der Waals surface area contributed by atoms with E-state index < -0.39 is 0 Å². The summed E-state index contributed by atoms with van der Waals surface area (Å²) in [5, 5.41) is 2.89. The van der Waals surface area contributed by atoms with Gasteiger partial charge >= 0.3 is 0 Å². The van der Waals surface area contributed by atoms with Gasteiger partial charge in [-0.2, -0.15) is 0 Å². The van der Waals surface area contributed by atoms with Crippen LogP contribution < -0.4 is 4.74 Å². The van der Waals surface area contributed by atoms with Crippen LogP contribution in [0.15, 0.2) is 60.0 Å². The van der Waals surface area contributed by atoms with Gasteiger partial charge in [-0.15, -0.1) is 11.3 Å². The molecule has 3 rings (SSSR count). The number of rotatable bonds is 7. The van der Waals surface area contributed by atoms with Crippen LogP contribution in [0.1, 0.15) is 25.1 Å². The molecule has 1 heterocycles. The zero-order valence-corrected chi connectivity index (χ0v) is 16.7. The maximum atomic E-state index is 12.9. The number of amides is 1. The first-order chi connectivity index (χ1) is 13.1. The molecule has 0 unspecified atom stereocenters. The highest BCUT2D eigenvalue weighted by molar-refractivity contribution is 7.13. The summed E-state index contributed by atoms with van der Waals surface area (Å²) in [7, 11) is 1.65. The molecule has 0 aliphatic heterocycles. The van der Waals surface area contributed by atoms with Crippen molar-refractivity contribution in [3.05, 3.63) is 71.2 Å². The SMILES string of the molecule is COc1ccc(-c2nc(CC(=O)N(Cc3ccccc3)C(C)C)cs2)cc1. The molecule has 0 bridgehead atoms. The first-order valence-corrected chi connectivity index (χ1v) is 9.87. The van der Waals surface area contributed by atoms with Crippen LogP contribution in [-0.2, 0) is 17.8 Å². The molecule has 2 aromatic carbocycles. The van der Waals surface area contributed by atoms with Crippen LogP contribution >= 0.6 is 11.3 Å². The lowest BCUT2D eigenvalue weighted by Gasteiger charge is -2.26. The third kappa shape index (κ3) is 4.95. The van der Waals surface area contributed by atoms with E-state index in [4.69, 9.17) is 4.74 Å². The molecule has 3 aromatic rings. The molecule has 0 radical (unpaired) electrons. The van der Waals surface area contributed by atoms with Crippen molar-refractivity contribution in [1.82, 2.24) is 9.88 Å². The summed E-state index contributed by atoms with van der Waals surface area (Å²) in [6, 6.07) is 18.0. The highest BCUT2D eigenvalue weighted by atomic mass is 32.1. The molecule has 140 valence electrons. The lowest BCUT2D eigenvalue weighted by atomic mass is 10.1. The molecular weight excluding hydrogens is 356 g/mol. The molecule has 0 aliphatic rings. The summed E-state index contributed by atoms with van der Waals surface area (Å²) in [5.74, 6) is 0.916. The Morgan fingerprint density at radius 2 is 1.81 bits per heavy atom. The van der Waals surface area contributed by atoms with E-state index in [-0.39, 0.29) is 11.9 Å². The van der Waals surface area contributed by atoms with Gasteiger partial charge in [0.25, 0.3) is 0 Å². The summed E-state index contributed by atoms with van der Waals surface area (Å²) in [4.78, 5) is 19.4. The minimum atomic E-state index is 0.0976. The van der Waals surface area contributed by atoms with Gasteiger partial charge in [0.15, 0.2) is 0 Å². The van der Waals surface area contributed by atoms with Gasteiger partial charge in [0.1, 0.15) is 10.8 Å². The third-order valence-corrected chi connectivity index (χ3v) is 5.30. The number of carbonyl (C=O) groups excluding carboxylic acids is 1.